The SMILES string of the molecule is CC(C)(Oc1cccc(C2CCCN(C(=O)OCc3ccc(C(F)(F)F)cc3)C2)c1)C(=O)O. The van der Waals surface area contributed by atoms with Crippen molar-refractivity contribution in [3.05, 3.63) is 65.2 Å². The van der Waals surface area contributed by atoms with Gasteiger partial charge in [-0.25, -0.2) is 9.59 Å². The summed E-state index contributed by atoms with van der Waals surface area (Å²) in [5, 5.41) is 9.27. The molecule has 0 aliphatic carbocycles. The molecule has 2 aromatic carbocycles. The Hall–Kier alpha value is -3.23. The number of piperidine rings is 1. The predicted octanol–water partition coefficient (Wildman–Crippen LogP) is 5.46. The standard InChI is InChI=1S/C24H26F3NO5/c1-23(2,21(29)30)33-20-7-3-5-17(13-20)18-6-4-12-28(14-18)22(31)32-15-16-8-10-19(11-9-16)24(25,26)27/h3,5,7-11,13,18H,4,6,12,14-15H2,1-2H3,(H,29,30). The van der Waals surface area contributed by atoms with Crippen molar-refractivity contribution in [1.29, 1.82) is 0 Å². The van der Waals surface area contributed by atoms with Crippen LogP contribution in [0.25, 0.3) is 0 Å². The van der Waals surface area contributed by atoms with Crippen LogP contribution in [0.3, 0.4) is 0 Å². The topological polar surface area (TPSA) is 76.1 Å². The molecular weight excluding hydrogens is 439 g/mol. The summed E-state index contributed by atoms with van der Waals surface area (Å²) in [7, 11) is 0. The third kappa shape index (κ3) is 6.40. The first kappa shape index (κ1) is 24.4. The zero-order chi connectivity index (χ0) is 24.2. The Balaban J connectivity index is 1.59. The van der Waals surface area contributed by atoms with E-state index in [0.29, 0.717) is 24.4 Å². The second-order valence-electron chi connectivity index (χ2n) is 8.52. The fraction of sp³-hybridized carbons (Fsp3) is 0.417. The van der Waals surface area contributed by atoms with E-state index in [4.69, 9.17) is 9.47 Å². The highest BCUT2D eigenvalue weighted by molar-refractivity contribution is 5.76. The number of carbonyl (C=O) groups is 2. The predicted molar refractivity (Wildman–Crippen MR) is 114 cm³/mol. The number of hydrogen-bond acceptors (Lipinski definition) is 4. The molecule has 1 heterocycles. The van der Waals surface area contributed by atoms with Gasteiger partial charge >= 0.3 is 18.2 Å². The zero-order valence-corrected chi connectivity index (χ0v) is 18.4. The molecule has 3 rings (SSSR count). The average molecular weight is 465 g/mol. The largest absolute Gasteiger partial charge is 0.478 e. The lowest BCUT2D eigenvalue weighted by Gasteiger charge is -2.32. The van der Waals surface area contributed by atoms with Crippen molar-refractivity contribution in [1.82, 2.24) is 4.90 Å². The third-order valence-electron chi connectivity index (χ3n) is 5.54. The van der Waals surface area contributed by atoms with Crippen LogP contribution in [-0.2, 0) is 22.3 Å². The number of hydrogen-bond donors (Lipinski definition) is 1. The molecule has 178 valence electrons. The molecule has 2 aromatic rings. The molecule has 33 heavy (non-hydrogen) atoms. The van der Waals surface area contributed by atoms with E-state index in [1.54, 1.807) is 23.1 Å². The number of amides is 1. The lowest BCUT2D eigenvalue weighted by Crippen LogP contribution is -2.39. The number of ether oxygens (including phenoxy) is 2. The Labute approximate surface area is 189 Å². The maximum absolute atomic E-state index is 12.7. The fourth-order valence-electron chi connectivity index (χ4n) is 3.61. The van der Waals surface area contributed by atoms with Crippen LogP contribution >= 0.6 is 0 Å². The minimum atomic E-state index is -4.41. The number of halogens is 3. The van der Waals surface area contributed by atoms with Crippen molar-refractivity contribution in [2.75, 3.05) is 13.1 Å². The molecular formula is C24H26F3NO5. The molecule has 6 nitrogen and oxygen atoms in total. The fourth-order valence-corrected chi connectivity index (χ4v) is 3.61. The van der Waals surface area contributed by atoms with Gasteiger partial charge < -0.3 is 19.5 Å². The Morgan fingerprint density at radius 1 is 1.12 bits per heavy atom. The number of carbonyl (C=O) groups excluding carboxylic acids is 1. The lowest BCUT2D eigenvalue weighted by atomic mass is 9.90. The molecule has 1 N–H and O–H groups in total. The quantitative estimate of drug-likeness (QED) is 0.613. The van der Waals surface area contributed by atoms with Gasteiger partial charge in [0.1, 0.15) is 12.4 Å². The van der Waals surface area contributed by atoms with Crippen LogP contribution in [0.4, 0.5) is 18.0 Å². The molecule has 0 aromatic heterocycles. The van der Waals surface area contributed by atoms with Crippen molar-refractivity contribution in [2.24, 2.45) is 0 Å². The molecule has 1 aliphatic heterocycles. The lowest BCUT2D eigenvalue weighted by molar-refractivity contribution is -0.152. The summed E-state index contributed by atoms with van der Waals surface area (Å²) >= 11 is 0. The van der Waals surface area contributed by atoms with Crippen molar-refractivity contribution >= 4 is 12.1 Å². The summed E-state index contributed by atoms with van der Waals surface area (Å²) in [5.41, 5.74) is -0.738. The maximum Gasteiger partial charge on any atom is 0.416 e. The monoisotopic (exact) mass is 465 g/mol. The van der Waals surface area contributed by atoms with Crippen molar-refractivity contribution in [2.45, 2.75) is 51.0 Å². The summed E-state index contributed by atoms with van der Waals surface area (Å²) in [6, 6.07) is 11.7. The molecule has 9 heteroatoms. The molecule has 1 atom stereocenters. The Bertz CT molecular complexity index is 988. The molecule has 1 fully saturated rings. The summed E-state index contributed by atoms with van der Waals surface area (Å²) < 4.78 is 48.9. The van der Waals surface area contributed by atoms with Crippen LogP contribution in [0, 0.1) is 0 Å². The molecule has 0 radical (unpaired) electrons. The van der Waals surface area contributed by atoms with E-state index in [-0.39, 0.29) is 12.5 Å². The van der Waals surface area contributed by atoms with Gasteiger partial charge in [0.2, 0.25) is 0 Å². The average Bonchev–Trinajstić information content (AvgIpc) is 2.77. The molecule has 0 saturated carbocycles. The van der Waals surface area contributed by atoms with E-state index < -0.39 is 29.4 Å². The highest BCUT2D eigenvalue weighted by Gasteiger charge is 2.31. The normalized spacial score (nSPS) is 16.9. The highest BCUT2D eigenvalue weighted by Crippen LogP contribution is 2.31. The van der Waals surface area contributed by atoms with Crippen LogP contribution in [0.1, 0.15) is 49.3 Å². The van der Waals surface area contributed by atoms with Crippen LogP contribution in [0.2, 0.25) is 0 Å². The first-order chi connectivity index (χ1) is 15.5. The molecule has 1 unspecified atom stereocenters. The van der Waals surface area contributed by atoms with Gasteiger partial charge in [-0.2, -0.15) is 13.2 Å². The van der Waals surface area contributed by atoms with Gasteiger partial charge in [0.05, 0.1) is 5.56 Å². The minimum absolute atomic E-state index is 0.0221. The third-order valence-corrected chi connectivity index (χ3v) is 5.54. The molecule has 0 spiro atoms. The Morgan fingerprint density at radius 2 is 1.82 bits per heavy atom. The van der Waals surface area contributed by atoms with Gasteiger partial charge in [-0.1, -0.05) is 24.3 Å². The maximum atomic E-state index is 12.7. The van der Waals surface area contributed by atoms with Gasteiger partial charge in [0, 0.05) is 19.0 Å². The Morgan fingerprint density at radius 3 is 2.45 bits per heavy atom. The number of benzene rings is 2. The van der Waals surface area contributed by atoms with Crippen LogP contribution in [0.5, 0.6) is 5.75 Å². The summed E-state index contributed by atoms with van der Waals surface area (Å²) in [4.78, 5) is 25.4. The first-order valence-electron chi connectivity index (χ1n) is 10.6. The van der Waals surface area contributed by atoms with Gasteiger partial charge in [-0.05, 0) is 62.1 Å². The van der Waals surface area contributed by atoms with Gasteiger partial charge in [0.15, 0.2) is 5.60 Å². The number of nitrogens with zero attached hydrogens (tertiary/aromatic N) is 1. The molecule has 1 aliphatic rings. The van der Waals surface area contributed by atoms with E-state index >= 15 is 0 Å². The smallest absolute Gasteiger partial charge is 0.416 e. The van der Waals surface area contributed by atoms with E-state index in [0.717, 1.165) is 30.5 Å². The second kappa shape index (κ2) is 9.72. The number of likely N-dealkylation sites (tertiary alicyclic amines) is 1. The van der Waals surface area contributed by atoms with E-state index in [9.17, 15) is 27.9 Å². The van der Waals surface area contributed by atoms with Crippen LogP contribution < -0.4 is 4.74 Å². The van der Waals surface area contributed by atoms with Crippen molar-refractivity contribution in [3.63, 3.8) is 0 Å². The molecule has 1 amide bonds. The minimum Gasteiger partial charge on any atom is -0.478 e. The van der Waals surface area contributed by atoms with E-state index in [1.165, 1.54) is 26.0 Å². The number of carboxylic acid groups (broad SMARTS) is 1. The van der Waals surface area contributed by atoms with Gasteiger partial charge in [-0.15, -0.1) is 0 Å². The zero-order valence-electron chi connectivity index (χ0n) is 18.4. The van der Waals surface area contributed by atoms with E-state index in [1.807, 2.05) is 6.07 Å². The summed E-state index contributed by atoms with van der Waals surface area (Å²) in [6.45, 7) is 3.75. The van der Waals surface area contributed by atoms with Gasteiger partial charge in [0.25, 0.3) is 0 Å². The number of rotatable bonds is 6. The highest BCUT2D eigenvalue weighted by atomic mass is 19.4. The van der Waals surface area contributed by atoms with E-state index in [2.05, 4.69) is 0 Å². The van der Waals surface area contributed by atoms with Crippen molar-refractivity contribution in [3.8, 4) is 5.75 Å². The van der Waals surface area contributed by atoms with Crippen LogP contribution in [-0.4, -0.2) is 40.8 Å². The first-order valence-corrected chi connectivity index (χ1v) is 10.6. The molecule has 1 saturated heterocycles. The number of aliphatic carboxylic acids is 1. The number of carboxylic acids is 1. The summed E-state index contributed by atoms with van der Waals surface area (Å²) in [5.74, 6) is -0.622. The number of alkyl halides is 3. The summed E-state index contributed by atoms with van der Waals surface area (Å²) in [6.07, 6.45) is -3.34. The second-order valence-corrected chi connectivity index (χ2v) is 8.52. The Kier molecular flexibility index (Phi) is 7.19. The van der Waals surface area contributed by atoms with Gasteiger partial charge in [-0.3, -0.25) is 0 Å². The van der Waals surface area contributed by atoms with Crippen molar-refractivity contribution < 1.29 is 37.3 Å². The van der Waals surface area contributed by atoms with Crippen LogP contribution in [0.15, 0.2) is 48.5 Å². The molecule has 0 bridgehead atoms.